The quantitative estimate of drug-likeness (QED) is 0.578. The molecule has 0 radical (unpaired) electrons. The van der Waals surface area contributed by atoms with Gasteiger partial charge in [0, 0.05) is 6.20 Å². The molecule has 3 N–H and O–H groups in total. The molecule has 0 aliphatic rings. The normalized spacial score (nSPS) is 13.4. The highest BCUT2D eigenvalue weighted by molar-refractivity contribution is 5.27. The second kappa shape index (κ2) is 6.71. The van der Waals surface area contributed by atoms with Gasteiger partial charge in [-0.05, 0) is 29.9 Å². The van der Waals surface area contributed by atoms with Crippen molar-refractivity contribution >= 4 is 0 Å². The van der Waals surface area contributed by atoms with Crippen molar-refractivity contribution < 1.29 is 4.74 Å². The number of nitrogens with zero attached hydrogens (tertiary/aromatic N) is 1. The molecule has 1 aromatic heterocycles. The van der Waals surface area contributed by atoms with Crippen LogP contribution in [0.1, 0.15) is 52.1 Å². The standard InChI is InChI=1S/C14H25N3O/c1-5-7-18-12-8-11(9-16-10-12)13(17-15)14(3,4)6-2/h8-10,13,17H,5-7,15H2,1-4H3. The maximum absolute atomic E-state index is 5.70. The third kappa shape index (κ3) is 3.68. The molecular formula is C14H25N3O. The minimum absolute atomic E-state index is 0.0693. The fourth-order valence-electron chi connectivity index (χ4n) is 1.87. The predicted octanol–water partition coefficient (Wildman–Crippen LogP) is 2.81. The second-order valence-electron chi connectivity index (χ2n) is 5.24. The van der Waals surface area contributed by atoms with E-state index in [0.29, 0.717) is 6.61 Å². The van der Waals surface area contributed by atoms with Crippen LogP contribution in [0.4, 0.5) is 0 Å². The zero-order valence-corrected chi connectivity index (χ0v) is 11.9. The molecule has 1 heterocycles. The zero-order chi connectivity index (χ0) is 13.6. The molecule has 0 fully saturated rings. The van der Waals surface area contributed by atoms with Crippen molar-refractivity contribution in [3.63, 3.8) is 0 Å². The van der Waals surface area contributed by atoms with E-state index in [-0.39, 0.29) is 11.5 Å². The van der Waals surface area contributed by atoms with Gasteiger partial charge in [-0.1, -0.05) is 27.7 Å². The summed E-state index contributed by atoms with van der Waals surface area (Å²) >= 11 is 0. The third-order valence-corrected chi connectivity index (χ3v) is 3.40. The van der Waals surface area contributed by atoms with Crippen molar-refractivity contribution in [2.24, 2.45) is 11.3 Å². The number of nitrogens with one attached hydrogen (secondary N) is 1. The second-order valence-corrected chi connectivity index (χ2v) is 5.24. The van der Waals surface area contributed by atoms with Gasteiger partial charge in [-0.2, -0.15) is 0 Å². The summed E-state index contributed by atoms with van der Waals surface area (Å²) in [6.07, 6.45) is 5.61. The van der Waals surface area contributed by atoms with Crippen LogP contribution in [-0.2, 0) is 0 Å². The zero-order valence-electron chi connectivity index (χ0n) is 11.9. The lowest BCUT2D eigenvalue weighted by atomic mass is 9.79. The fraction of sp³-hybridized carbons (Fsp3) is 0.643. The Morgan fingerprint density at radius 1 is 1.39 bits per heavy atom. The van der Waals surface area contributed by atoms with Gasteiger partial charge in [0.05, 0.1) is 18.8 Å². The number of hydrazine groups is 1. The van der Waals surface area contributed by atoms with Crippen LogP contribution in [0.2, 0.25) is 0 Å². The molecule has 1 rings (SSSR count). The third-order valence-electron chi connectivity index (χ3n) is 3.40. The Balaban J connectivity index is 2.92. The molecule has 4 heteroatoms. The molecule has 1 atom stereocenters. The van der Waals surface area contributed by atoms with Gasteiger partial charge in [0.15, 0.2) is 0 Å². The summed E-state index contributed by atoms with van der Waals surface area (Å²) in [5, 5.41) is 0. The Hall–Kier alpha value is -1.13. The molecule has 0 amide bonds. The van der Waals surface area contributed by atoms with Gasteiger partial charge in [-0.25, -0.2) is 0 Å². The first kappa shape index (κ1) is 14.9. The van der Waals surface area contributed by atoms with E-state index >= 15 is 0 Å². The van der Waals surface area contributed by atoms with E-state index in [1.807, 2.05) is 12.3 Å². The van der Waals surface area contributed by atoms with Crippen molar-refractivity contribution in [2.45, 2.75) is 46.6 Å². The number of aromatic nitrogens is 1. The van der Waals surface area contributed by atoms with E-state index in [0.717, 1.165) is 24.2 Å². The van der Waals surface area contributed by atoms with Crippen LogP contribution in [0.3, 0.4) is 0 Å². The Morgan fingerprint density at radius 3 is 2.67 bits per heavy atom. The summed E-state index contributed by atoms with van der Waals surface area (Å²) in [6.45, 7) is 9.34. The van der Waals surface area contributed by atoms with E-state index in [9.17, 15) is 0 Å². The van der Waals surface area contributed by atoms with Crippen LogP contribution in [-0.4, -0.2) is 11.6 Å². The molecule has 18 heavy (non-hydrogen) atoms. The Morgan fingerprint density at radius 2 is 2.11 bits per heavy atom. The van der Waals surface area contributed by atoms with Crippen molar-refractivity contribution in [1.29, 1.82) is 0 Å². The van der Waals surface area contributed by atoms with E-state index in [4.69, 9.17) is 10.6 Å². The van der Waals surface area contributed by atoms with Gasteiger partial charge >= 0.3 is 0 Å². The molecule has 0 aliphatic heterocycles. The molecule has 0 bridgehead atoms. The average Bonchev–Trinajstić information content (AvgIpc) is 2.37. The van der Waals surface area contributed by atoms with E-state index < -0.39 is 0 Å². The molecule has 0 spiro atoms. The van der Waals surface area contributed by atoms with E-state index in [1.165, 1.54) is 0 Å². The first-order valence-electron chi connectivity index (χ1n) is 6.59. The monoisotopic (exact) mass is 251 g/mol. The lowest BCUT2D eigenvalue weighted by Crippen LogP contribution is -2.38. The number of ether oxygens (including phenoxy) is 1. The summed E-state index contributed by atoms with van der Waals surface area (Å²) in [4.78, 5) is 4.23. The van der Waals surface area contributed by atoms with Gasteiger partial charge in [-0.15, -0.1) is 0 Å². The molecule has 0 saturated heterocycles. The van der Waals surface area contributed by atoms with E-state index in [2.05, 4.69) is 38.1 Å². The summed E-state index contributed by atoms with van der Waals surface area (Å²) in [6, 6.07) is 2.09. The van der Waals surface area contributed by atoms with Gasteiger partial charge in [0.2, 0.25) is 0 Å². The summed E-state index contributed by atoms with van der Waals surface area (Å²) in [5.74, 6) is 6.51. The first-order valence-corrected chi connectivity index (χ1v) is 6.59. The smallest absolute Gasteiger partial charge is 0.137 e. The highest BCUT2D eigenvalue weighted by Crippen LogP contribution is 2.36. The lowest BCUT2D eigenvalue weighted by molar-refractivity contribution is 0.234. The van der Waals surface area contributed by atoms with Crippen molar-refractivity contribution in [1.82, 2.24) is 10.4 Å². The molecule has 1 unspecified atom stereocenters. The summed E-state index contributed by atoms with van der Waals surface area (Å²) < 4.78 is 5.61. The molecule has 4 nitrogen and oxygen atoms in total. The van der Waals surface area contributed by atoms with Crippen LogP contribution in [0.5, 0.6) is 5.75 Å². The van der Waals surface area contributed by atoms with Gasteiger partial charge < -0.3 is 4.74 Å². The van der Waals surface area contributed by atoms with Crippen LogP contribution in [0.25, 0.3) is 0 Å². The van der Waals surface area contributed by atoms with E-state index in [1.54, 1.807) is 6.20 Å². The lowest BCUT2D eigenvalue weighted by Gasteiger charge is -2.33. The minimum Gasteiger partial charge on any atom is -0.492 e. The number of pyridine rings is 1. The number of rotatable bonds is 7. The average molecular weight is 251 g/mol. The highest BCUT2D eigenvalue weighted by Gasteiger charge is 2.28. The SMILES string of the molecule is CCCOc1cncc(C(NN)C(C)(C)CC)c1. The molecule has 0 aromatic carbocycles. The molecule has 0 saturated carbocycles. The first-order chi connectivity index (χ1) is 8.55. The summed E-state index contributed by atoms with van der Waals surface area (Å²) in [7, 11) is 0. The van der Waals surface area contributed by atoms with Crippen LogP contribution < -0.4 is 16.0 Å². The van der Waals surface area contributed by atoms with Crippen molar-refractivity contribution in [3.05, 3.63) is 24.0 Å². The maximum atomic E-state index is 5.70. The number of hydrogen-bond donors (Lipinski definition) is 2. The molecule has 0 aliphatic carbocycles. The topological polar surface area (TPSA) is 60.2 Å². The highest BCUT2D eigenvalue weighted by atomic mass is 16.5. The van der Waals surface area contributed by atoms with Crippen LogP contribution >= 0.6 is 0 Å². The Labute approximate surface area is 110 Å². The van der Waals surface area contributed by atoms with Crippen molar-refractivity contribution in [3.8, 4) is 5.75 Å². The minimum atomic E-state index is 0.0693. The predicted molar refractivity (Wildman–Crippen MR) is 74.2 cm³/mol. The van der Waals surface area contributed by atoms with Crippen LogP contribution in [0.15, 0.2) is 18.5 Å². The van der Waals surface area contributed by atoms with Gasteiger partial charge in [-0.3, -0.25) is 16.3 Å². The van der Waals surface area contributed by atoms with Crippen LogP contribution in [0, 0.1) is 5.41 Å². The molecule has 1 aromatic rings. The molecular weight excluding hydrogens is 226 g/mol. The number of nitrogens with two attached hydrogens (primary N) is 1. The largest absolute Gasteiger partial charge is 0.492 e. The number of hydrogen-bond acceptors (Lipinski definition) is 4. The maximum Gasteiger partial charge on any atom is 0.137 e. The molecule has 102 valence electrons. The Kier molecular flexibility index (Phi) is 5.56. The summed E-state index contributed by atoms with van der Waals surface area (Å²) in [5.41, 5.74) is 4.03. The Bertz CT molecular complexity index is 366. The van der Waals surface area contributed by atoms with Crippen molar-refractivity contribution in [2.75, 3.05) is 6.61 Å². The van der Waals surface area contributed by atoms with Gasteiger partial charge in [0.25, 0.3) is 0 Å². The fourth-order valence-corrected chi connectivity index (χ4v) is 1.87. The van der Waals surface area contributed by atoms with Gasteiger partial charge in [0.1, 0.15) is 5.75 Å².